The Morgan fingerprint density at radius 3 is 2.53 bits per heavy atom. The predicted molar refractivity (Wildman–Crippen MR) is 60.3 cm³/mol. The number of carbonyl (C=O) groups is 1. The molecule has 1 aromatic heterocycles. The van der Waals surface area contributed by atoms with E-state index < -0.39 is 0 Å². The van der Waals surface area contributed by atoms with Crippen molar-refractivity contribution in [1.29, 1.82) is 0 Å². The lowest BCUT2D eigenvalue weighted by molar-refractivity contribution is -0.130. The molecular formula is C11H17N3O. The number of nitrogens with zero attached hydrogens (tertiary/aromatic N) is 2. The van der Waals surface area contributed by atoms with Gasteiger partial charge in [0.25, 0.3) is 0 Å². The zero-order valence-electron chi connectivity index (χ0n) is 9.23. The zero-order valence-corrected chi connectivity index (χ0v) is 9.23. The van der Waals surface area contributed by atoms with E-state index in [0.717, 1.165) is 18.8 Å². The van der Waals surface area contributed by atoms with E-state index in [0.29, 0.717) is 12.1 Å². The maximum Gasteiger partial charge on any atom is 0.228 e. The van der Waals surface area contributed by atoms with Gasteiger partial charge < -0.3 is 10.6 Å². The average molecular weight is 207 g/mol. The molecule has 4 nitrogen and oxygen atoms in total. The molecule has 0 bridgehead atoms. The van der Waals surface area contributed by atoms with Crippen LogP contribution < -0.4 is 5.73 Å². The highest BCUT2D eigenvalue weighted by Crippen LogP contribution is 2.03. The number of hydrogen-bond donors (Lipinski definition) is 1. The van der Waals surface area contributed by atoms with Crippen molar-refractivity contribution in [2.75, 3.05) is 18.8 Å². The highest BCUT2D eigenvalue weighted by atomic mass is 16.2. The SMILES string of the molecule is CCN(CC)C(=O)Cc1ccc(N)cn1. The van der Waals surface area contributed by atoms with Crippen molar-refractivity contribution in [2.24, 2.45) is 0 Å². The van der Waals surface area contributed by atoms with Gasteiger partial charge in [-0.15, -0.1) is 0 Å². The maximum absolute atomic E-state index is 11.7. The number of nitrogens with two attached hydrogens (primary N) is 1. The van der Waals surface area contributed by atoms with Gasteiger partial charge in [0.1, 0.15) is 0 Å². The molecule has 0 radical (unpaired) electrons. The molecule has 1 rings (SSSR count). The minimum absolute atomic E-state index is 0.109. The monoisotopic (exact) mass is 207 g/mol. The van der Waals surface area contributed by atoms with Crippen LogP contribution >= 0.6 is 0 Å². The van der Waals surface area contributed by atoms with E-state index in [2.05, 4.69) is 4.98 Å². The lowest BCUT2D eigenvalue weighted by Gasteiger charge is -2.18. The van der Waals surface area contributed by atoms with Gasteiger partial charge in [-0.1, -0.05) is 0 Å². The first-order chi connectivity index (χ1) is 7.17. The normalized spacial score (nSPS) is 10.0. The Bertz CT molecular complexity index is 317. The molecular weight excluding hydrogens is 190 g/mol. The fraction of sp³-hybridized carbons (Fsp3) is 0.455. The maximum atomic E-state index is 11.7. The molecule has 0 aliphatic rings. The van der Waals surface area contributed by atoms with Crippen molar-refractivity contribution in [1.82, 2.24) is 9.88 Å². The summed E-state index contributed by atoms with van der Waals surface area (Å²) in [5.74, 6) is 0.109. The van der Waals surface area contributed by atoms with Gasteiger partial charge >= 0.3 is 0 Å². The van der Waals surface area contributed by atoms with Crippen LogP contribution in [-0.2, 0) is 11.2 Å². The molecule has 0 fully saturated rings. The number of anilines is 1. The number of carbonyl (C=O) groups excluding carboxylic acids is 1. The molecule has 15 heavy (non-hydrogen) atoms. The van der Waals surface area contributed by atoms with Gasteiger partial charge in [-0.3, -0.25) is 9.78 Å². The minimum Gasteiger partial charge on any atom is -0.397 e. The largest absolute Gasteiger partial charge is 0.397 e. The van der Waals surface area contributed by atoms with Crippen molar-refractivity contribution in [3.63, 3.8) is 0 Å². The van der Waals surface area contributed by atoms with E-state index in [4.69, 9.17) is 5.73 Å². The van der Waals surface area contributed by atoms with Gasteiger partial charge in [0.15, 0.2) is 0 Å². The van der Waals surface area contributed by atoms with Gasteiger partial charge in [-0.25, -0.2) is 0 Å². The molecule has 0 saturated carbocycles. The fourth-order valence-electron chi connectivity index (χ4n) is 1.38. The summed E-state index contributed by atoms with van der Waals surface area (Å²) in [4.78, 5) is 17.6. The topological polar surface area (TPSA) is 59.2 Å². The first kappa shape index (κ1) is 11.5. The third-order valence-corrected chi connectivity index (χ3v) is 2.30. The molecule has 0 atom stereocenters. The molecule has 82 valence electrons. The van der Waals surface area contributed by atoms with Gasteiger partial charge in [0.2, 0.25) is 5.91 Å². The van der Waals surface area contributed by atoms with Crippen molar-refractivity contribution in [3.8, 4) is 0 Å². The number of amides is 1. The van der Waals surface area contributed by atoms with Crippen molar-refractivity contribution in [3.05, 3.63) is 24.0 Å². The highest BCUT2D eigenvalue weighted by molar-refractivity contribution is 5.78. The Hall–Kier alpha value is -1.58. The highest BCUT2D eigenvalue weighted by Gasteiger charge is 2.10. The van der Waals surface area contributed by atoms with Gasteiger partial charge in [-0.05, 0) is 26.0 Å². The summed E-state index contributed by atoms with van der Waals surface area (Å²) in [7, 11) is 0. The van der Waals surface area contributed by atoms with E-state index in [1.165, 1.54) is 0 Å². The number of hydrogen-bond acceptors (Lipinski definition) is 3. The standard InChI is InChI=1S/C11H17N3O/c1-3-14(4-2)11(15)7-10-6-5-9(12)8-13-10/h5-6,8H,3-4,7,12H2,1-2H3. The second-order valence-corrected chi connectivity index (χ2v) is 3.33. The van der Waals surface area contributed by atoms with Gasteiger partial charge in [0, 0.05) is 18.8 Å². The zero-order chi connectivity index (χ0) is 11.3. The third kappa shape index (κ3) is 3.23. The van der Waals surface area contributed by atoms with Crippen LogP contribution in [0.15, 0.2) is 18.3 Å². The van der Waals surface area contributed by atoms with E-state index in [9.17, 15) is 4.79 Å². The van der Waals surface area contributed by atoms with Crippen molar-refractivity contribution in [2.45, 2.75) is 20.3 Å². The first-order valence-corrected chi connectivity index (χ1v) is 5.15. The van der Waals surface area contributed by atoms with E-state index >= 15 is 0 Å². The summed E-state index contributed by atoms with van der Waals surface area (Å²) < 4.78 is 0. The smallest absolute Gasteiger partial charge is 0.228 e. The van der Waals surface area contributed by atoms with Gasteiger partial charge in [-0.2, -0.15) is 0 Å². The first-order valence-electron chi connectivity index (χ1n) is 5.15. The molecule has 1 amide bonds. The van der Waals surface area contributed by atoms with Crippen LogP contribution in [-0.4, -0.2) is 28.9 Å². The molecule has 0 aliphatic carbocycles. The van der Waals surface area contributed by atoms with Gasteiger partial charge in [0.05, 0.1) is 18.3 Å². The molecule has 0 unspecified atom stereocenters. The minimum atomic E-state index is 0.109. The average Bonchev–Trinajstić information content (AvgIpc) is 2.23. The Labute approximate surface area is 90.1 Å². The summed E-state index contributed by atoms with van der Waals surface area (Å²) in [6.45, 7) is 5.42. The Kier molecular flexibility index (Phi) is 4.09. The lowest BCUT2D eigenvalue weighted by Crippen LogP contribution is -2.31. The van der Waals surface area contributed by atoms with Crippen LogP contribution in [0.5, 0.6) is 0 Å². The molecule has 2 N–H and O–H groups in total. The van der Waals surface area contributed by atoms with Crippen LogP contribution in [0.2, 0.25) is 0 Å². The molecule has 1 heterocycles. The van der Waals surface area contributed by atoms with Crippen LogP contribution in [0.3, 0.4) is 0 Å². The van der Waals surface area contributed by atoms with Crippen LogP contribution in [0.4, 0.5) is 5.69 Å². The van der Waals surface area contributed by atoms with Crippen molar-refractivity contribution < 1.29 is 4.79 Å². The summed E-state index contributed by atoms with van der Waals surface area (Å²) in [5.41, 5.74) is 6.90. The second-order valence-electron chi connectivity index (χ2n) is 3.33. The number of aromatic nitrogens is 1. The van der Waals surface area contributed by atoms with Crippen LogP contribution in [0.25, 0.3) is 0 Å². The van der Waals surface area contributed by atoms with Crippen LogP contribution in [0.1, 0.15) is 19.5 Å². The third-order valence-electron chi connectivity index (χ3n) is 2.30. The quantitative estimate of drug-likeness (QED) is 0.803. The summed E-state index contributed by atoms with van der Waals surface area (Å²) in [6, 6.07) is 3.55. The van der Waals surface area contributed by atoms with Crippen LogP contribution in [0, 0.1) is 0 Å². The van der Waals surface area contributed by atoms with Crippen molar-refractivity contribution >= 4 is 11.6 Å². The van der Waals surface area contributed by atoms with E-state index in [1.54, 1.807) is 23.2 Å². The molecule has 0 spiro atoms. The molecule has 1 aromatic rings. The summed E-state index contributed by atoms with van der Waals surface area (Å²) in [6.07, 6.45) is 1.92. The number of nitrogen functional groups attached to an aromatic ring is 1. The Morgan fingerprint density at radius 2 is 2.07 bits per heavy atom. The summed E-state index contributed by atoms with van der Waals surface area (Å²) in [5, 5.41) is 0. The molecule has 4 heteroatoms. The second kappa shape index (κ2) is 5.34. The number of rotatable bonds is 4. The number of likely N-dealkylation sites (N-methyl/N-ethyl adjacent to an activating group) is 1. The fourth-order valence-corrected chi connectivity index (χ4v) is 1.38. The Morgan fingerprint density at radius 1 is 1.40 bits per heavy atom. The summed E-state index contributed by atoms with van der Waals surface area (Å²) >= 11 is 0. The van der Waals surface area contributed by atoms with E-state index in [-0.39, 0.29) is 5.91 Å². The lowest BCUT2D eigenvalue weighted by atomic mass is 10.2. The number of pyridine rings is 1. The predicted octanol–water partition coefficient (Wildman–Crippen LogP) is 1.07. The van der Waals surface area contributed by atoms with E-state index in [1.807, 2.05) is 13.8 Å². The Balaban J connectivity index is 2.61. The molecule has 0 aliphatic heterocycles. The molecule has 0 aromatic carbocycles. The molecule has 0 saturated heterocycles.